The molecular formula is C28H40N6O3. The van der Waals surface area contributed by atoms with E-state index in [0.29, 0.717) is 30.8 Å². The number of nitroso groups, excluding NO2 is 1. The Bertz CT molecular complexity index is 1050. The van der Waals surface area contributed by atoms with Crippen molar-refractivity contribution in [3.63, 3.8) is 0 Å². The topological polar surface area (TPSA) is 127 Å². The third kappa shape index (κ3) is 12.0. The first-order valence-corrected chi connectivity index (χ1v) is 12.6. The van der Waals surface area contributed by atoms with E-state index in [1.165, 1.54) is 24.0 Å². The van der Waals surface area contributed by atoms with Gasteiger partial charge in [0.25, 0.3) is 0 Å². The Morgan fingerprint density at radius 3 is 2.19 bits per heavy atom. The lowest BCUT2D eigenvalue weighted by Crippen LogP contribution is -2.25. The van der Waals surface area contributed by atoms with Gasteiger partial charge in [0.2, 0.25) is 11.8 Å². The van der Waals surface area contributed by atoms with Crippen molar-refractivity contribution in [3.05, 3.63) is 70.8 Å². The van der Waals surface area contributed by atoms with Gasteiger partial charge in [0, 0.05) is 43.2 Å². The fourth-order valence-electron chi connectivity index (χ4n) is 3.24. The van der Waals surface area contributed by atoms with E-state index in [9.17, 15) is 4.91 Å². The highest BCUT2D eigenvalue weighted by molar-refractivity contribution is 5.76. The van der Waals surface area contributed by atoms with Crippen LogP contribution in [0.15, 0.2) is 59.9 Å². The van der Waals surface area contributed by atoms with Gasteiger partial charge in [-0.25, -0.2) is 4.98 Å². The Morgan fingerprint density at radius 2 is 1.68 bits per heavy atom. The summed E-state index contributed by atoms with van der Waals surface area (Å²) in [5, 5.41) is 9.70. The lowest BCUT2D eigenvalue weighted by atomic mass is 10.2. The Morgan fingerprint density at radius 1 is 1.00 bits per heavy atom. The SMILES string of the molecule is CC.CCCN(CCC)c1cc(N)nc(OCCOc2ccc(N=O)cn2)c1.Cc1cccc(C=N)c1. The van der Waals surface area contributed by atoms with Gasteiger partial charge in [-0.3, -0.25) is 0 Å². The maximum atomic E-state index is 10.3. The van der Waals surface area contributed by atoms with Gasteiger partial charge < -0.3 is 25.5 Å². The third-order valence-electron chi connectivity index (χ3n) is 4.78. The molecule has 0 aliphatic heterocycles. The first kappa shape index (κ1) is 31.0. The number of anilines is 2. The van der Waals surface area contributed by atoms with Crippen molar-refractivity contribution in [2.75, 3.05) is 36.9 Å². The van der Waals surface area contributed by atoms with Crippen molar-refractivity contribution < 1.29 is 9.47 Å². The number of aryl methyl sites for hydroxylation is 1. The molecule has 0 fully saturated rings. The number of pyridine rings is 2. The zero-order valence-electron chi connectivity index (χ0n) is 22.6. The van der Waals surface area contributed by atoms with Gasteiger partial charge in [0.1, 0.15) is 24.7 Å². The van der Waals surface area contributed by atoms with Gasteiger partial charge in [-0.05, 0) is 36.6 Å². The van der Waals surface area contributed by atoms with Gasteiger partial charge >= 0.3 is 0 Å². The molecule has 9 nitrogen and oxygen atoms in total. The standard InChI is InChI=1S/C18H25N5O3.C8H9N.C2H6/c1-3-7-23(8-4-2)15-11-16(19)21-18(12-15)26-10-9-25-17-6-5-14(22-24)13-20-17;1-7-3-2-4-8(5-7)6-9;1-2/h5-6,11-13H,3-4,7-10H2,1-2H3,(H2,19,21);2-6,9H,1H3;1-2H3. The van der Waals surface area contributed by atoms with Crippen molar-refractivity contribution in [2.24, 2.45) is 5.18 Å². The van der Waals surface area contributed by atoms with E-state index >= 15 is 0 Å². The van der Waals surface area contributed by atoms with Crippen LogP contribution >= 0.6 is 0 Å². The number of nitrogens with one attached hydrogen (secondary N) is 1. The second-order valence-corrected chi connectivity index (χ2v) is 7.78. The van der Waals surface area contributed by atoms with Crippen LogP contribution in [0.5, 0.6) is 11.8 Å². The van der Waals surface area contributed by atoms with Crippen molar-refractivity contribution in [1.82, 2.24) is 9.97 Å². The van der Waals surface area contributed by atoms with E-state index in [1.54, 1.807) is 6.07 Å². The molecule has 0 saturated carbocycles. The summed E-state index contributed by atoms with van der Waals surface area (Å²) >= 11 is 0. The molecule has 9 heteroatoms. The molecule has 0 aliphatic carbocycles. The summed E-state index contributed by atoms with van der Waals surface area (Å²) in [5.41, 5.74) is 9.36. The highest BCUT2D eigenvalue weighted by Crippen LogP contribution is 2.23. The van der Waals surface area contributed by atoms with Crippen LogP contribution < -0.4 is 20.1 Å². The minimum Gasteiger partial charge on any atom is -0.474 e. The highest BCUT2D eigenvalue weighted by Gasteiger charge is 2.09. The molecule has 0 bridgehead atoms. The summed E-state index contributed by atoms with van der Waals surface area (Å²) < 4.78 is 11.1. The number of nitrogen functional groups attached to an aromatic ring is 1. The number of ether oxygens (including phenoxy) is 2. The summed E-state index contributed by atoms with van der Waals surface area (Å²) in [7, 11) is 0. The average molecular weight is 509 g/mol. The first-order valence-electron chi connectivity index (χ1n) is 12.6. The number of aromatic nitrogens is 2. The zero-order chi connectivity index (χ0) is 27.5. The number of hydrogen-bond donors (Lipinski definition) is 2. The summed E-state index contributed by atoms with van der Waals surface area (Å²) in [4.78, 5) is 20.8. The van der Waals surface area contributed by atoms with Crippen molar-refractivity contribution in [1.29, 1.82) is 5.41 Å². The predicted molar refractivity (Wildman–Crippen MR) is 153 cm³/mol. The lowest BCUT2D eigenvalue weighted by Gasteiger charge is -2.24. The van der Waals surface area contributed by atoms with Gasteiger partial charge in [0.05, 0.1) is 6.20 Å². The molecule has 0 radical (unpaired) electrons. The Hall–Kier alpha value is -4.01. The van der Waals surface area contributed by atoms with E-state index in [1.807, 2.05) is 57.2 Å². The van der Waals surface area contributed by atoms with Crippen LogP contribution in [0.3, 0.4) is 0 Å². The molecule has 0 amide bonds. The van der Waals surface area contributed by atoms with Crippen LogP contribution in [0.25, 0.3) is 0 Å². The summed E-state index contributed by atoms with van der Waals surface area (Å²) in [6.45, 7) is 12.8. The van der Waals surface area contributed by atoms with Crippen LogP contribution in [0.2, 0.25) is 0 Å². The summed E-state index contributed by atoms with van der Waals surface area (Å²) in [5.74, 6) is 1.29. The largest absolute Gasteiger partial charge is 0.474 e. The van der Waals surface area contributed by atoms with E-state index < -0.39 is 0 Å². The minimum absolute atomic E-state index is 0.258. The maximum absolute atomic E-state index is 10.3. The monoisotopic (exact) mass is 508 g/mol. The molecule has 3 N–H and O–H groups in total. The molecular weight excluding hydrogens is 468 g/mol. The Balaban J connectivity index is 0.000000519. The molecule has 1 aromatic carbocycles. The van der Waals surface area contributed by atoms with E-state index in [2.05, 4.69) is 33.9 Å². The molecule has 3 aromatic rings. The van der Waals surface area contributed by atoms with Crippen molar-refractivity contribution in [3.8, 4) is 11.8 Å². The molecule has 2 aromatic heterocycles. The predicted octanol–water partition coefficient (Wildman–Crippen LogP) is 6.56. The summed E-state index contributed by atoms with van der Waals surface area (Å²) in [6, 6.07) is 14.8. The fraction of sp³-hybridized carbons (Fsp3) is 0.393. The van der Waals surface area contributed by atoms with Crippen LogP contribution in [0.1, 0.15) is 51.7 Å². The van der Waals surface area contributed by atoms with Crippen LogP contribution in [0.4, 0.5) is 17.2 Å². The van der Waals surface area contributed by atoms with E-state index in [-0.39, 0.29) is 5.69 Å². The third-order valence-corrected chi connectivity index (χ3v) is 4.78. The van der Waals surface area contributed by atoms with Gasteiger partial charge in [-0.2, -0.15) is 4.98 Å². The van der Waals surface area contributed by atoms with Crippen molar-refractivity contribution in [2.45, 2.75) is 47.5 Å². The molecule has 0 spiro atoms. The fourth-order valence-corrected chi connectivity index (χ4v) is 3.24. The number of rotatable bonds is 12. The second-order valence-electron chi connectivity index (χ2n) is 7.78. The quantitative estimate of drug-likeness (QED) is 0.161. The first-order chi connectivity index (χ1) is 18.0. The summed E-state index contributed by atoms with van der Waals surface area (Å²) in [6.07, 6.45) is 4.81. The van der Waals surface area contributed by atoms with E-state index in [0.717, 1.165) is 37.2 Å². The molecule has 2 heterocycles. The Labute approximate surface area is 220 Å². The molecule has 0 saturated heterocycles. The molecule has 37 heavy (non-hydrogen) atoms. The number of nitrogens with two attached hydrogens (primary N) is 1. The van der Waals surface area contributed by atoms with Gasteiger partial charge in [-0.15, -0.1) is 4.91 Å². The maximum Gasteiger partial charge on any atom is 0.217 e. The zero-order valence-corrected chi connectivity index (χ0v) is 22.6. The van der Waals surface area contributed by atoms with Crippen LogP contribution in [-0.4, -0.2) is 42.5 Å². The van der Waals surface area contributed by atoms with Gasteiger partial charge in [-0.1, -0.05) is 57.5 Å². The van der Waals surface area contributed by atoms with Crippen molar-refractivity contribution >= 4 is 23.4 Å². The molecule has 0 aliphatic rings. The van der Waals surface area contributed by atoms with Gasteiger partial charge in [0.15, 0.2) is 0 Å². The van der Waals surface area contributed by atoms with Crippen LogP contribution in [-0.2, 0) is 0 Å². The normalized spacial score (nSPS) is 9.65. The lowest BCUT2D eigenvalue weighted by molar-refractivity contribution is 0.207. The molecule has 0 unspecified atom stereocenters. The number of benzene rings is 1. The molecule has 0 atom stereocenters. The smallest absolute Gasteiger partial charge is 0.217 e. The second kappa shape index (κ2) is 18.3. The average Bonchev–Trinajstić information content (AvgIpc) is 2.92. The Kier molecular flexibility index (Phi) is 15.3. The number of nitrogens with zero attached hydrogens (tertiary/aromatic N) is 4. The highest BCUT2D eigenvalue weighted by atomic mass is 16.5. The molecule has 3 rings (SSSR count). The molecule has 200 valence electrons. The van der Waals surface area contributed by atoms with E-state index in [4.69, 9.17) is 20.6 Å². The number of hydrogen-bond acceptors (Lipinski definition) is 9. The van der Waals surface area contributed by atoms with Crippen LogP contribution in [0, 0.1) is 17.2 Å². The minimum atomic E-state index is 0.258.